The van der Waals surface area contributed by atoms with Gasteiger partial charge in [0, 0.05) is 19.3 Å². The Labute approximate surface area is 139 Å². The smallest absolute Gasteiger partial charge is 0.339 e. The second-order valence-electron chi connectivity index (χ2n) is 4.63. The zero-order valence-electron chi connectivity index (χ0n) is 13.2. The highest BCUT2D eigenvalue weighted by atomic mass is 16.5. The molecule has 1 aromatic rings. The number of nitriles is 1. The van der Waals surface area contributed by atoms with E-state index in [0.717, 1.165) is 0 Å². The van der Waals surface area contributed by atoms with Crippen molar-refractivity contribution < 1.29 is 24.5 Å². The van der Waals surface area contributed by atoms with Gasteiger partial charge in [-0.05, 0) is 12.1 Å². The van der Waals surface area contributed by atoms with Crippen molar-refractivity contribution in [3.05, 3.63) is 41.6 Å². The Hall–Kier alpha value is -2.89. The molecule has 0 saturated carbocycles. The van der Waals surface area contributed by atoms with Gasteiger partial charge in [0.15, 0.2) is 0 Å². The van der Waals surface area contributed by atoms with Crippen LogP contribution in [0.2, 0.25) is 0 Å². The number of ether oxygens (including phenoxy) is 1. The topological polar surface area (TPSA) is 123 Å². The van der Waals surface area contributed by atoms with E-state index in [9.17, 15) is 9.59 Å². The molecule has 0 bridgehead atoms. The summed E-state index contributed by atoms with van der Waals surface area (Å²) in [6, 6.07) is 8.00. The third-order valence-corrected chi connectivity index (χ3v) is 3.03. The van der Waals surface area contributed by atoms with Gasteiger partial charge < -0.3 is 25.2 Å². The molecule has 128 valence electrons. The van der Waals surface area contributed by atoms with Crippen molar-refractivity contribution in [2.24, 2.45) is 0 Å². The van der Waals surface area contributed by atoms with Gasteiger partial charge in [-0.3, -0.25) is 4.79 Å². The van der Waals surface area contributed by atoms with Crippen molar-refractivity contribution >= 4 is 17.6 Å². The van der Waals surface area contributed by atoms with Crippen LogP contribution in [0.1, 0.15) is 10.4 Å². The summed E-state index contributed by atoms with van der Waals surface area (Å²) in [5.41, 5.74) is 0.149. The second-order valence-corrected chi connectivity index (χ2v) is 4.63. The van der Waals surface area contributed by atoms with Crippen molar-refractivity contribution in [3.63, 3.8) is 0 Å². The molecule has 0 atom stereocenters. The first kappa shape index (κ1) is 19.2. The average Bonchev–Trinajstić information content (AvgIpc) is 2.59. The molecule has 8 nitrogen and oxygen atoms in total. The van der Waals surface area contributed by atoms with E-state index in [4.69, 9.17) is 15.5 Å². The van der Waals surface area contributed by atoms with Crippen molar-refractivity contribution in [1.82, 2.24) is 4.90 Å². The molecule has 0 fully saturated rings. The molecular formula is C16H19N3O5. The van der Waals surface area contributed by atoms with E-state index in [0.29, 0.717) is 0 Å². The van der Waals surface area contributed by atoms with Crippen LogP contribution < -0.4 is 5.32 Å². The number of hydrogen-bond donors (Lipinski definition) is 3. The third kappa shape index (κ3) is 5.39. The molecule has 0 aliphatic heterocycles. The van der Waals surface area contributed by atoms with Crippen molar-refractivity contribution in [2.75, 3.05) is 38.7 Å². The zero-order valence-corrected chi connectivity index (χ0v) is 13.2. The molecule has 0 unspecified atom stereocenters. The third-order valence-electron chi connectivity index (χ3n) is 3.03. The quantitative estimate of drug-likeness (QED) is 0.350. The maximum Gasteiger partial charge on any atom is 0.339 e. The minimum absolute atomic E-state index is 0.160. The van der Waals surface area contributed by atoms with Gasteiger partial charge in [-0.25, -0.2) is 4.79 Å². The number of carbonyl (C=O) groups is 2. The van der Waals surface area contributed by atoms with E-state index in [-0.39, 0.29) is 43.1 Å². The van der Waals surface area contributed by atoms with Crippen LogP contribution >= 0.6 is 0 Å². The highest BCUT2D eigenvalue weighted by Gasteiger charge is 2.16. The van der Waals surface area contributed by atoms with Gasteiger partial charge in [0.2, 0.25) is 0 Å². The highest BCUT2D eigenvalue weighted by molar-refractivity contribution is 6.09. The van der Waals surface area contributed by atoms with Crippen molar-refractivity contribution in [3.8, 4) is 6.07 Å². The maximum absolute atomic E-state index is 12.2. The molecule has 0 aromatic heterocycles. The lowest BCUT2D eigenvalue weighted by atomic mass is 10.1. The number of methoxy groups -OCH3 is 1. The van der Waals surface area contributed by atoms with Crippen molar-refractivity contribution in [1.29, 1.82) is 5.26 Å². The molecule has 0 aliphatic carbocycles. The Kier molecular flexibility index (Phi) is 7.98. The normalized spacial score (nSPS) is 10.7. The monoisotopic (exact) mass is 333 g/mol. The number of anilines is 1. The minimum atomic E-state index is -0.713. The number of benzene rings is 1. The molecule has 1 rings (SSSR count). The van der Waals surface area contributed by atoms with Crippen LogP contribution in [0.5, 0.6) is 0 Å². The molecule has 0 saturated heterocycles. The molecule has 24 heavy (non-hydrogen) atoms. The maximum atomic E-state index is 12.2. The molecule has 0 heterocycles. The first-order chi connectivity index (χ1) is 11.6. The standard InChI is InChI=1S/C16H19N3O5/c1-24-16(23)13-4-2-3-5-14(13)18-15(22)12(10-17)11-19(6-8-20)7-9-21/h2-5,11,20-21H,6-9H2,1H3,(H,18,22)/b12-11-. The van der Waals surface area contributed by atoms with Crippen LogP contribution in [-0.4, -0.2) is 60.4 Å². The number of aliphatic hydroxyl groups excluding tert-OH is 2. The van der Waals surface area contributed by atoms with Crippen LogP contribution in [0.15, 0.2) is 36.0 Å². The summed E-state index contributed by atoms with van der Waals surface area (Å²) in [5.74, 6) is -1.33. The number of para-hydroxylation sites is 1. The van der Waals surface area contributed by atoms with Crippen LogP contribution in [0, 0.1) is 11.3 Å². The van der Waals surface area contributed by atoms with Gasteiger partial charge in [0.1, 0.15) is 11.6 Å². The lowest BCUT2D eigenvalue weighted by Gasteiger charge is -2.18. The summed E-state index contributed by atoms with van der Waals surface area (Å²) < 4.78 is 4.64. The number of nitrogens with one attached hydrogen (secondary N) is 1. The minimum Gasteiger partial charge on any atom is -0.465 e. The Morgan fingerprint density at radius 2 is 1.92 bits per heavy atom. The number of aliphatic hydroxyl groups is 2. The fraction of sp³-hybridized carbons (Fsp3) is 0.312. The van der Waals surface area contributed by atoms with Crippen LogP contribution in [0.3, 0.4) is 0 Å². The highest BCUT2D eigenvalue weighted by Crippen LogP contribution is 2.17. The predicted octanol–water partition coefficient (Wildman–Crippen LogP) is 0.106. The lowest BCUT2D eigenvalue weighted by Crippen LogP contribution is -2.27. The van der Waals surface area contributed by atoms with Gasteiger partial charge >= 0.3 is 5.97 Å². The van der Waals surface area contributed by atoms with Crippen molar-refractivity contribution in [2.45, 2.75) is 0 Å². The molecule has 1 aromatic carbocycles. The van der Waals surface area contributed by atoms with E-state index in [1.54, 1.807) is 18.2 Å². The first-order valence-electron chi connectivity index (χ1n) is 7.13. The average molecular weight is 333 g/mol. The molecule has 3 N–H and O–H groups in total. The molecule has 0 spiro atoms. The predicted molar refractivity (Wildman–Crippen MR) is 85.9 cm³/mol. The number of amides is 1. The van der Waals surface area contributed by atoms with E-state index in [1.807, 2.05) is 0 Å². The van der Waals surface area contributed by atoms with Gasteiger partial charge in [-0.1, -0.05) is 12.1 Å². The van der Waals surface area contributed by atoms with Crippen LogP contribution in [0.4, 0.5) is 5.69 Å². The van der Waals surface area contributed by atoms with Gasteiger partial charge in [-0.15, -0.1) is 0 Å². The molecular weight excluding hydrogens is 314 g/mol. The van der Waals surface area contributed by atoms with E-state index in [2.05, 4.69) is 10.1 Å². The van der Waals surface area contributed by atoms with Crippen LogP contribution in [0.25, 0.3) is 0 Å². The SMILES string of the molecule is COC(=O)c1ccccc1NC(=O)/C(C#N)=C\N(CCO)CCO. The van der Waals surface area contributed by atoms with Gasteiger partial charge in [0.25, 0.3) is 5.91 Å². The van der Waals surface area contributed by atoms with E-state index in [1.165, 1.54) is 30.3 Å². The number of hydrogen-bond acceptors (Lipinski definition) is 7. The Morgan fingerprint density at radius 1 is 1.29 bits per heavy atom. The summed E-state index contributed by atoms with van der Waals surface area (Å²) in [5, 5.41) is 29.6. The molecule has 1 amide bonds. The Morgan fingerprint density at radius 3 is 2.46 bits per heavy atom. The largest absolute Gasteiger partial charge is 0.465 e. The molecule has 8 heteroatoms. The molecule has 0 radical (unpaired) electrons. The van der Waals surface area contributed by atoms with E-state index < -0.39 is 11.9 Å². The Bertz CT molecular complexity index is 645. The molecule has 0 aliphatic rings. The fourth-order valence-electron chi connectivity index (χ4n) is 1.89. The summed E-state index contributed by atoms with van der Waals surface area (Å²) in [7, 11) is 1.23. The first-order valence-corrected chi connectivity index (χ1v) is 7.13. The summed E-state index contributed by atoms with van der Waals surface area (Å²) in [6.45, 7) is -0.0560. The fourth-order valence-corrected chi connectivity index (χ4v) is 1.89. The Balaban J connectivity index is 3.00. The lowest BCUT2D eigenvalue weighted by molar-refractivity contribution is -0.112. The number of carbonyl (C=O) groups excluding carboxylic acids is 2. The summed E-state index contributed by atoms with van der Waals surface area (Å²) in [6.07, 6.45) is 1.25. The second kappa shape index (κ2) is 9.99. The van der Waals surface area contributed by atoms with Crippen LogP contribution in [-0.2, 0) is 9.53 Å². The number of esters is 1. The number of rotatable bonds is 8. The summed E-state index contributed by atoms with van der Waals surface area (Å²) in [4.78, 5) is 25.4. The number of nitrogens with zero attached hydrogens (tertiary/aromatic N) is 2. The van der Waals surface area contributed by atoms with Gasteiger partial charge in [0.05, 0.1) is 31.6 Å². The van der Waals surface area contributed by atoms with E-state index >= 15 is 0 Å². The van der Waals surface area contributed by atoms with Gasteiger partial charge in [-0.2, -0.15) is 5.26 Å². The zero-order chi connectivity index (χ0) is 17.9. The summed E-state index contributed by atoms with van der Waals surface area (Å²) >= 11 is 0.